The molecule has 236 valence electrons. The zero-order valence-electron chi connectivity index (χ0n) is 26.9. The molecule has 1 aliphatic rings. The van der Waals surface area contributed by atoms with E-state index in [1.165, 1.54) is 12.1 Å². The van der Waals surface area contributed by atoms with Crippen molar-refractivity contribution in [1.29, 1.82) is 0 Å². The Morgan fingerprint density at radius 1 is 1.09 bits per heavy atom. The molecule has 1 aromatic heterocycles. The Labute approximate surface area is 260 Å². The van der Waals surface area contributed by atoms with Gasteiger partial charge >= 0.3 is 5.97 Å². The zero-order valence-corrected chi connectivity index (χ0v) is 26.9. The summed E-state index contributed by atoms with van der Waals surface area (Å²) in [5.41, 5.74) is 4.86. The molecule has 2 heterocycles. The van der Waals surface area contributed by atoms with E-state index < -0.39 is 17.7 Å². The predicted molar refractivity (Wildman–Crippen MR) is 172 cm³/mol. The van der Waals surface area contributed by atoms with Crippen LogP contribution in [0.1, 0.15) is 76.1 Å². The quantitative estimate of drug-likeness (QED) is 0.222. The Morgan fingerprint density at radius 2 is 1.73 bits per heavy atom. The van der Waals surface area contributed by atoms with Gasteiger partial charge < -0.3 is 24.2 Å². The molecule has 1 aliphatic heterocycles. The maximum Gasteiger partial charge on any atom is 0.337 e. The lowest BCUT2D eigenvalue weighted by Gasteiger charge is -2.41. The van der Waals surface area contributed by atoms with Crippen LogP contribution in [0, 0.1) is 18.2 Å². The Bertz CT molecular complexity index is 1450. The first kappa shape index (κ1) is 33.0. The first-order valence-electron chi connectivity index (χ1n) is 15.1. The molecule has 4 rings (SSSR count). The summed E-state index contributed by atoms with van der Waals surface area (Å²) in [4.78, 5) is 20.0. The molecule has 1 atom stereocenters. The Morgan fingerprint density at radius 3 is 2.30 bits per heavy atom. The molecule has 0 radical (unpaired) electrons. The van der Waals surface area contributed by atoms with E-state index in [1.54, 1.807) is 25.5 Å². The van der Waals surface area contributed by atoms with Crippen molar-refractivity contribution in [2.75, 3.05) is 31.7 Å². The number of aryl methyl sites for hydroxylation is 1. The molecule has 1 saturated heterocycles. The molecule has 7 nitrogen and oxygen atoms in total. The van der Waals surface area contributed by atoms with Crippen LogP contribution in [0.25, 0.3) is 17.2 Å². The monoisotopic (exact) mass is 604 g/mol. The average molecular weight is 605 g/mol. The van der Waals surface area contributed by atoms with Crippen molar-refractivity contribution in [3.05, 3.63) is 83.1 Å². The van der Waals surface area contributed by atoms with E-state index in [9.17, 15) is 14.3 Å². The molecule has 44 heavy (non-hydrogen) atoms. The third-order valence-electron chi connectivity index (χ3n) is 7.89. The largest absolute Gasteiger partial charge is 0.504 e. The zero-order chi connectivity index (χ0) is 32.1. The van der Waals surface area contributed by atoms with Crippen molar-refractivity contribution in [3.63, 3.8) is 0 Å². The number of nitrogens with zero attached hydrogens (tertiary/aromatic N) is 2. The third kappa shape index (κ3) is 8.38. The van der Waals surface area contributed by atoms with Crippen LogP contribution >= 0.6 is 0 Å². The number of benzene rings is 2. The van der Waals surface area contributed by atoms with Gasteiger partial charge in [-0.25, -0.2) is 9.18 Å². The highest BCUT2D eigenvalue weighted by Gasteiger charge is 2.36. The minimum absolute atomic E-state index is 0.193. The first-order valence-corrected chi connectivity index (χ1v) is 15.1. The van der Waals surface area contributed by atoms with E-state index >= 15 is 0 Å². The van der Waals surface area contributed by atoms with E-state index in [0.717, 1.165) is 48.3 Å². The van der Waals surface area contributed by atoms with Gasteiger partial charge in [0.15, 0.2) is 6.10 Å². The molecule has 8 heteroatoms. The van der Waals surface area contributed by atoms with E-state index in [0.29, 0.717) is 35.7 Å². The van der Waals surface area contributed by atoms with Crippen molar-refractivity contribution in [1.82, 2.24) is 4.98 Å². The van der Waals surface area contributed by atoms with Gasteiger partial charge in [0.1, 0.15) is 11.6 Å². The summed E-state index contributed by atoms with van der Waals surface area (Å²) < 4.78 is 30.7. The van der Waals surface area contributed by atoms with Crippen molar-refractivity contribution in [2.45, 2.75) is 72.5 Å². The van der Waals surface area contributed by atoms with Crippen LogP contribution in [0.4, 0.5) is 10.1 Å². The SMILES string of the molecule is CO/C=C/c1nc(C)c([C@H](OC(C)(C)C)C(=O)O)c(N2CCC(C)(C)CC2)c1-c1ccc(OCCc2ccc(F)cc2)cc1. The highest BCUT2D eigenvalue weighted by molar-refractivity contribution is 5.90. The fourth-order valence-electron chi connectivity index (χ4n) is 5.48. The second-order valence-electron chi connectivity index (χ2n) is 13.1. The number of carboxylic acids is 1. The molecule has 1 N–H and O–H groups in total. The number of halogens is 1. The van der Waals surface area contributed by atoms with Gasteiger partial charge in [0.25, 0.3) is 0 Å². The van der Waals surface area contributed by atoms with Crippen LogP contribution in [-0.4, -0.2) is 48.5 Å². The third-order valence-corrected chi connectivity index (χ3v) is 7.89. The molecule has 0 aliphatic carbocycles. The normalized spacial score (nSPS) is 15.8. The molecule has 0 unspecified atom stereocenters. The molecule has 0 spiro atoms. The topological polar surface area (TPSA) is 81.1 Å². The summed E-state index contributed by atoms with van der Waals surface area (Å²) in [6.07, 6.45) is 4.78. The number of rotatable bonds is 11. The fourth-order valence-corrected chi connectivity index (χ4v) is 5.48. The molecule has 0 amide bonds. The Kier molecular flexibility index (Phi) is 10.4. The van der Waals surface area contributed by atoms with Gasteiger partial charge in [-0.2, -0.15) is 0 Å². The van der Waals surface area contributed by atoms with Crippen LogP contribution in [0.3, 0.4) is 0 Å². The molecule has 2 aromatic carbocycles. The van der Waals surface area contributed by atoms with Crippen LogP contribution in [0.2, 0.25) is 0 Å². The van der Waals surface area contributed by atoms with E-state index in [4.69, 9.17) is 19.2 Å². The summed E-state index contributed by atoms with van der Waals surface area (Å²) in [7, 11) is 1.58. The van der Waals surface area contributed by atoms with Crippen molar-refractivity contribution in [2.24, 2.45) is 5.41 Å². The smallest absolute Gasteiger partial charge is 0.337 e. The number of pyridine rings is 1. The number of carboxylic acid groups (broad SMARTS) is 1. The van der Waals surface area contributed by atoms with Gasteiger partial charge in [-0.1, -0.05) is 38.1 Å². The molecule has 0 bridgehead atoms. The van der Waals surface area contributed by atoms with E-state index in [1.807, 2.05) is 58.0 Å². The first-order chi connectivity index (χ1) is 20.8. The van der Waals surface area contributed by atoms with Gasteiger partial charge in [0, 0.05) is 36.3 Å². The number of piperidine rings is 1. The number of aromatic nitrogens is 1. The fraction of sp³-hybridized carbons (Fsp3) is 0.444. The Balaban J connectivity index is 1.80. The maximum atomic E-state index is 13.2. The van der Waals surface area contributed by atoms with Gasteiger partial charge in [0.05, 0.1) is 37.0 Å². The van der Waals surface area contributed by atoms with Gasteiger partial charge in [-0.3, -0.25) is 4.98 Å². The van der Waals surface area contributed by atoms with Crippen LogP contribution in [0.5, 0.6) is 5.75 Å². The minimum Gasteiger partial charge on any atom is -0.504 e. The van der Waals surface area contributed by atoms with Crippen molar-refractivity contribution >= 4 is 17.7 Å². The van der Waals surface area contributed by atoms with Gasteiger partial charge in [-0.15, -0.1) is 0 Å². The molecule has 3 aromatic rings. The van der Waals surface area contributed by atoms with Crippen LogP contribution in [0.15, 0.2) is 54.8 Å². The Hall–Kier alpha value is -3.91. The predicted octanol–water partition coefficient (Wildman–Crippen LogP) is 8.00. The van der Waals surface area contributed by atoms with Crippen LogP contribution in [-0.2, 0) is 20.7 Å². The molecule has 0 saturated carbocycles. The second kappa shape index (κ2) is 13.8. The number of aliphatic carboxylic acids is 1. The molecule has 1 fully saturated rings. The lowest BCUT2D eigenvalue weighted by atomic mass is 9.81. The summed E-state index contributed by atoms with van der Waals surface area (Å²) in [6, 6.07) is 14.2. The maximum absolute atomic E-state index is 13.2. The van der Waals surface area contributed by atoms with Gasteiger partial charge in [-0.05, 0) is 87.4 Å². The summed E-state index contributed by atoms with van der Waals surface area (Å²) >= 11 is 0. The molecular weight excluding hydrogens is 559 g/mol. The van der Waals surface area contributed by atoms with Crippen molar-refractivity contribution < 1.29 is 28.5 Å². The average Bonchev–Trinajstić information content (AvgIpc) is 2.96. The van der Waals surface area contributed by atoms with Gasteiger partial charge in [0.2, 0.25) is 0 Å². The highest BCUT2D eigenvalue weighted by Crippen LogP contribution is 2.45. The molecular formula is C36H45FN2O5. The van der Waals surface area contributed by atoms with Crippen molar-refractivity contribution in [3.8, 4) is 16.9 Å². The number of hydrogen-bond acceptors (Lipinski definition) is 6. The number of methoxy groups -OCH3 is 1. The summed E-state index contributed by atoms with van der Waals surface area (Å²) in [6.45, 7) is 14.0. The standard InChI is InChI=1S/C36H45FN2O5/c1-24-30(33(34(40)41)44-35(2,3)4)32(39-20-18-36(5,6)19-21-39)31(29(38-24)17-22-42-7)26-10-14-28(15-11-26)43-23-16-25-8-12-27(37)13-9-25/h8-15,17,22,33H,16,18-21,23H2,1-7H3,(H,40,41)/b22-17+/t33-/m0/s1. The lowest BCUT2D eigenvalue weighted by Crippen LogP contribution is -2.39. The summed E-state index contributed by atoms with van der Waals surface area (Å²) in [5, 5.41) is 10.5. The van der Waals surface area contributed by atoms with E-state index in [-0.39, 0.29) is 11.2 Å². The number of anilines is 1. The minimum atomic E-state index is -1.21. The number of hydrogen-bond donors (Lipinski definition) is 1. The summed E-state index contributed by atoms with van der Waals surface area (Å²) in [5.74, 6) is -0.614. The lowest BCUT2D eigenvalue weighted by molar-refractivity contribution is -0.160. The second-order valence-corrected chi connectivity index (χ2v) is 13.1. The van der Waals surface area contributed by atoms with E-state index in [2.05, 4.69) is 18.7 Å². The number of ether oxygens (including phenoxy) is 3. The highest BCUT2D eigenvalue weighted by atomic mass is 19.1. The van der Waals surface area contributed by atoms with Crippen LogP contribution < -0.4 is 9.64 Å². The number of carbonyl (C=O) groups is 1.